The minimum Gasteiger partial charge on any atom is -0.342 e. The van der Waals surface area contributed by atoms with Crippen LogP contribution < -0.4 is 0 Å². The lowest BCUT2D eigenvalue weighted by molar-refractivity contribution is -0.137. The van der Waals surface area contributed by atoms with Gasteiger partial charge in [-0.1, -0.05) is 0 Å². The molecule has 6 heteroatoms. The molecule has 2 saturated heterocycles. The third kappa shape index (κ3) is 2.86. The van der Waals surface area contributed by atoms with Crippen molar-refractivity contribution in [3.8, 4) is 0 Å². The summed E-state index contributed by atoms with van der Waals surface area (Å²) in [5, 5.41) is 7.35. The van der Waals surface area contributed by atoms with Gasteiger partial charge in [-0.15, -0.1) is 0 Å². The van der Waals surface area contributed by atoms with Crippen LogP contribution in [0.3, 0.4) is 0 Å². The van der Waals surface area contributed by atoms with Gasteiger partial charge in [0, 0.05) is 43.7 Å². The van der Waals surface area contributed by atoms with E-state index in [2.05, 4.69) is 16.3 Å². The number of nitrogens with one attached hydrogen (secondary N) is 1. The number of aromatic amines is 1. The van der Waals surface area contributed by atoms with Crippen molar-refractivity contribution in [1.82, 2.24) is 20.0 Å². The minimum absolute atomic E-state index is 0.136. The Labute approximate surface area is 136 Å². The van der Waals surface area contributed by atoms with Crippen LogP contribution in [0.1, 0.15) is 49.4 Å². The van der Waals surface area contributed by atoms with E-state index in [9.17, 15) is 9.59 Å². The van der Waals surface area contributed by atoms with E-state index >= 15 is 0 Å². The lowest BCUT2D eigenvalue weighted by atomic mass is 9.93. The average molecular weight is 316 g/mol. The van der Waals surface area contributed by atoms with Crippen molar-refractivity contribution < 1.29 is 9.59 Å². The second-order valence-corrected chi connectivity index (χ2v) is 7.28. The summed E-state index contributed by atoms with van der Waals surface area (Å²) in [4.78, 5) is 28.8. The van der Waals surface area contributed by atoms with Gasteiger partial charge in [0.2, 0.25) is 11.8 Å². The van der Waals surface area contributed by atoms with Gasteiger partial charge in [0.05, 0.1) is 11.6 Å². The van der Waals surface area contributed by atoms with Gasteiger partial charge in [-0.2, -0.15) is 5.10 Å². The highest BCUT2D eigenvalue weighted by molar-refractivity contribution is 5.89. The summed E-state index contributed by atoms with van der Waals surface area (Å²) in [7, 11) is 0. The summed E-state index contributed by atoms with van der Waals surface area (Å²) in [6.45, 7) is 4.17. The summed E-state index contributed by atoms with van der Waals surface area (Å²) in [5.74, 6) is 0.512. The predicted molar refractivity (Wildman–Crippen MR) is 84.7 cm³/mol. The molecule has 1 saturated carbocycles. The Morgan fingerprint density at radius 2 is 2.13 bits per heavy atom. The highest BCUT2D eigenvalue weighted by Gasteiger charge is 2.43. The normalized spacial score (nSPS) is 28.5. The van der Waals surface area contributed by atoms with Gasteiger partial charge in [0.25, 0.3) is 0 Å². The lowest BCUT2D eigenvalue weighted by Crippen LogP contribution is -2.43. The number of aromatic nitrogens is 2. The van der Waals surface area contributed by atoms with Crippen molar-refractivity contribution in [2.75, 3.05) is 19.6 Å². The number of amides is 2. The molecule has 2 unspecified atom stereocenters. The third-order valence-corrected chi connectivity index (χ3v) is 5.37. The lowest BCUT2D eigenvalue weighted by Gasteiger charge is -2.33. The fourth-order valence-corrected chi connectivity index (χ4v) is 3.96. The quantitative estimate of drug-likeness (QED) is 0.917. The Morgan fingerprint density at radius 3 is 2.83 bits per heavy atom. The monoisotopic (exact) mass is 316 g/mol. The van der Waals surface area contributed by atoms with E-state index in [1.807, 2.05) is 16.7 Å². The molecule has 2 atom stereocenters. The molecule has 1 N–H and O–H groups in total. The Kier molecular flexibility index (Phi) is 3.62. The van der Waals surface area contributed by atoms with E-state index in [4.69, 9.17) is 0 Å². The SMILES string of the molecule is Cc1cc(C2CCCN(C(=O)C3CC(=O)N(C4CC4)C3)C2)n[nH]1. The number of carbonyl (C=O) groups is 2. The molecule has 23 heavy (non-hydrogen) atoms. The first-order valence-electron chi connectivity index (χ1n) is 8.72. The molecule has 6 nitrogen and oxygen atoms in total. The number of hydrogen-bond donors (Lipinski definition) is 1. The summed E-state index contributed by atoms with van der Waals surface area (Å²) >= 11 is 0. The fraction of sp³-hybridized carbons (Fsp3) is 0.706. The second-order valence-electron chi connectivity index (χ2n) is 7.28. The van der Waals surface area contributed by atoms with Crippen LogP contribution >= 0.6 is 0 Å². The van der Waals surface area contributed by atoms with Crippen molar-refractivity contribution in [3.05, 3.63) is 17.5 Å². The summed E-state index contributed by atoms with van der Waals surface area (Å²) < 4.78 is 0. The number of carbonyl (C=O) groups excluding carboxylic acids is 2. The first-order valence-corrected chi connectivity index (χ1v) is 8.72. The van der Waals surface area contributed by atoms with Gasteiger partial charge in [-0.25, -0.2) is 0 Å². The zero-order valence-corrected chi connectivity index (χ0v) is 13.6. The standard InChI is InChI=1S/C17H24N4O2/c1-11-7-15(19-18-11)12-3-2-6-20(9-12)17(23)13-8-16(22)21(10-13)14-4-5-14/h7,12-14H,2-6,8-10H2,1H3,(H,18,19). The van der Waals surface area contributed by atoms with Gasteiger partial charge < -0.3 is 9.80 Å². The smallest absolute Gasteiger partial charge is 0.228 e. The molecule has 1 aromatic heterocycles. The Hall–Kier alpha value is -1.85. The number of piperidine rings is 1. The predicted octanol–water partition coefficient (Wildman–Crippen LogP) is 1.44. The average Bonchev–Trinajstić information content (AvgIpc) is 3.19. The molecule has 2 aliphatic heterocycles. The van der Waals surface area contributed by atoms with Crippen molar-refractivity contribution in [2.24, 2.45) is 5.92 Å². The molecule has 0 spiro atoms. The Balaban J connectivity index is 1.41. The van der Waals surface area contributed by atoms with Crippen LogP contribution in [-0.4, -0.2) is 57.5 Å². The molecule has 4 rings (SSSR count). The molecule has 3 fully saturated rings. The minimum atomic E-state index is -0.136. The van der Waals surface area contributed by atoms with E-state index in [1.54, 1.807) is 0 Å². The highest BCUT2D eigenvalue weighted by Crippen LogP contribution is 2.34. The highest BCUT2D eigenvalue weighted by atomic mass is 16.2. The second kappa shape index (κ2) is 5.65. The van der Waals surface area contributed by atoms with Gasteiger partial charge in [0.1, 0.15) is 0 Å². The number of hydrogen-bond acceptors (Lipinski definition) is 3. The molecule has 2 amide bonds. The molecule has 124 valence electrons. The van der Waals surface area contributed by atoms with E-state index in [0.717, 1.165) is 50.2 Å². The molecule has 0 bridgehead atoms. The number of H-pyrrole nitrogens is 1. The van der Waals surface area contributed by atoms with Crippen molar-refractivity contribution in [3.63, 3.8) is 0 Å². The molecule has 0 aromatic carbocycles. The molecule has 3 aliphatic rings. The van der Waals surface area contributed by atoms with E-state index in [0.29, 0.717) is 24.9 Å². The summed E-state index contributed by atoms with van der Waals surface area (Å²) in [6, 6.07) is 2.49. The molecular weight excluding hydrogens is 292 g/mol. The molecule has 3 heterocycles. The van der Waals surface area contributed by atoms with E-state index in [1.165, 1.54) is 0 Å². The van der Waals surface area contributed by atoms with Crippen molar-refractivity contribution >= 4 is 11.8 Å². The molecular formula is C17H24N4O2. The van der Waals surface area contributed by atoms with Crippen molar-refractivity contribution in [1.29, 1.82) is 0 Å². The zero-order valence-electron chi connectivity index (χ0n) is 13.6. The number of likely N-dealkylation sites (tertiary alicyclic amines) is 2. The fourth-order valence-electron chi connectivity index (χ4n) is 3.96. The van der Waals surface area contributed by atoms with Crippen LogP contribution in [0, 0.1) is 12.8 Å². The molecule has 0 radical (unpaired) electrons. The van der Waals surface area contributed by atoms with Crippen molar-refractivity contribution in [2.45, 2.75) is 51.0 Å². The van der Waals surface area contributed by atoms with Crippen LogP contribution in [0.2, 0.25) is 0 Å². The number of nitrogens with zero attached hydrogens (tertiary/aromatic N) is 3. The van der Waals surface area contributed by atoms with Gasteiger partial charge in [-0.3, -0.25) is 14.7 Å². The van der Waals surface area contributed by atoms with Crippen LogP contribution in [0.4, 0.5) is 0 Å². The first kappa shape index (κ1) is 14.7. The van der Waals surface area contributed by atoms with Crippen LogP contribution in [-0.2, 0) is 9.59 Å². The topological polar surface area (TPSA) is 69.3 Å². The largest absolute Gasteiger partial charge is 0.342 e. The number of rotatable bonds is 3. The van der Waals surface area contributed by atoms with Gasteiger partial charge >= 0.3 is 0 Å². The summed E-state index contributed by atoms with van der Waals surface area (Å²) in [5.41, 5.74) is 2.12. The maximum Gasteiger partial charge on any atom is 0.228 e. The van der Waals surface area contributed by atoms with Gasteiger partial charge in [-0.05, 0) is 38.7 Å². The molecule has 1 aliphatic carbocycles. The maximum atomic E-state index is 12.8. The van der Waals surface area contributed by atoms with E-state index in [-0.39, 0.29) is 17.7 Å². The van der Waals surface area contributed by atoms with Crippen LogP contribution in [0.15, 0.2) is 6.07 Å². The maximum absolute atomic E-state index is 12.8. The third-order valence-electron chi connectivity index (χ3n) is 5.37. The van der Waals surface area contributed by atoms with Crippen LogP contribution in [0.5, 0.6) is 0 Å². The first-order chi connectivity index (χ1) is 11.1. The zero-order chi connectivity index (χ0) is 16.0. The number of aryl methyl sites for hydroxylation is 1. The Bertz CT molecular complexity index is 622. The van der Waals surface area contributed by atoms with Crippen LogP contribution in [0.25, 0.3) is 0 Å². The summed E-state index contributed by atoms with van der Waals surface area (Å²) in [6.07, 6.45) is 4.70. The molecule has 1 aromatic rings. The Morgan fingerprint density at radius 1 is 1.30 bits per heavy atom. The van der Waals surface area contributed by atoms with E-state index < -0.39 is 0 Å². The van der Waals surface area contributed by atoms with Gasteiger partial charge in [0.15, 0.2) is 0 Å².